The number of aromatic nitrogens is 1. The Hall–Kier alpha value is -3.26. The van der Waals surface area contributed by atoms with E-state index in [1.807, 2.05) is 6.07 Å². The van der Waals surface area contributed by atoms with E-state index in [1.54, 1.807) is 0 Å². The summed E-state index contributed by atoms with van der Waals surface area (Å²) in [5.74, 6) is 2.38. The fraction of sp³-hybridized carbons (Fsp3) is 0.0833. The zero-order valence-electron chi connectivity index (χ0n) is 14.2. The minimum absolute atomic E-state index is 0.311. The first kappa shape index (κ1) is 14.0. The van der Waals surface area contributed by atoms with Crippen LogP contribution in [0.15, 0.2) is 90.7 Å². The van der Waals surface area contributed by atoms with Crippen molar-refractivity contribution in [3.05, 3.63) is 96.3 Å². The quantitative estimate of drug-likeness (QED) is 0.410. The largest absolute Gasteiger partial charge is 0.461 e. The van der Waals surface area contributed by atoms with Gasteiger partial charge in [-0.05, 0) is 30.4 Å². The Morgan fingerprint density at radius 3 is 2.15 bits per heavy atom. The summed E-state index contributed by atoms with van der Waals surface area (Å²) in [5.41, 5.74) is 5.15. The highest BCUT2D eigenvalue weighted by atomic mass is 16.5. The molecule has 2 heterocycles. The van der Waals surface area contributed by atoms with Gasteiger partial charge in [0.25, 0.3) is 0 Å². The molecule has 4 aromatic rings. The second-order valence-electron chi connectivity index (χ2n) is 6.99. The molecule has 0 fully saturated rings. The first-order valence-electron chi connectivity index (χ1n) is 9.06. The SMILES string of the molecule is C1=C2Oc3ccccc3C2CC(n2c3ccccc3c3ccccc32)=C1. The Morgan fingerprint density at radius 2 is 1.38 bits per heavy atom. The molecule has 6 rings (SSSR count). The van der Waals surface area contributed by atoms with Crippen LogP contribution in [0.2, 0.25) is 0 Å². The van der Waals surface area contributed by atoms with E-state index < -0.39 is 0 Å². The van der Waals surface area contributed by atoms with Gasteiger partial charge in [0.15, 0.2) is 0 Å². The van der Waals surface area contributed by atoms with E-state index in [0.29, 0.717) is 5.92 Å². The molecule has 0 radical (unpaired) electrons. The van der Waals surface area contributed by atoms with Crippen LogP contribution < -0.4 is 4.74 Å². The van der Waals surface area contributed by atoms with Crippen molar-refractivity contribution in [2.24, 2.45) is 0 Å². The molecular formula is C24H17NO. The van der Waals surface area contributed by atoms with E-state index >= 15 is 0 Å². The van der Waals surface area contributed by atoms with Crippen LogP contribution in [0.25, 0.3) is 27.5 Å². The summed E-state index contributed by atoms with van der Waals surface area (Å²) in [4.78, 5) is 0. The van der Waals surface area contributed by atoms with Crippen molar-refractivity contribution < 1.29 is 4.74 Å². The third-order valence-electron chi connectivity index (χ3n) is 5.59. The topological polar surface area (TPSA) is 14.2 Å². The van der Waals surface area contributed by atoms with E-state index in [2.05, 4.69) is 83.4 Å². The summed E-state index contributed by atoms with van der Waals surface area (Å²) in [6.07, 6.45) is 5.31. The van der Waals surface area contributed by atoms with Gasteiger partial charge in [-0.2, -0.15) is 0 Å². The molecule has 124 valence electrons. The Morgan fingerprint density at radius 1 is 0.731 bits per heavy atom. The van der Waals surface area contributed by atoms with Gasteiger partial charge in [0.2, 0.25) is 0 Å². The van der Waals surface area contributed by atoms with Gasteiger partial charge in [0.1, 0.15) is 11.5 Å². The molecule has 0 saturated carbocycles. The number of ether oxygens (including phenoxy) is 1. The van der Waals surface area contributed by atoms with Gasteiger partial charge < -0.3 is 9.30 Å². The van der Waals surface area contributed by atoms with Crippen molar-refractivity contribution in [2.75, 3.05) is 0 Å². The molecule has 1 aliphatic heterocycles. The zero-order valence-corrected chi connectivity index (χ0v) is 14.2. The van der Waals surface area contributed by atoms with Crippen LogP contribution in [0.1, 0.15) is 17.9 Å². The monoisotopic (exact) mass is 335 g/mol. The van der Waals surface area contributed by atoms with E-state index in [4.69, 9.17) is 4.74 Å². The molecule has 0 spiro atoms. The number of hydrogen-bond acceptors (Lipinski definition) is 1. The molecule has 3 aromatic carbocycles. The maximum atomic E-state index is 6.06. The van der Waals surface area contributed by atoms with Crippen molar-refractivity contribution in [3.63, 3.8) is 0 Å². The van der Waals surface area contributed by atoms with Gasteiger partial charge in [0.05, 0.1) is 17.0 Å². The summed E-state index contributed by atoms with van der Waals surface area (Å²) in [6.45, 7) is 0. The molecule has 2 aliphatic rings. The lowest BCUT2D eigenvalue weighted by Crippen LogP contribution is -2.08. The number of rotatable bonds is 1. The lowest BCUT2D eigenvalue weighted by Gasteiger charge is -2.20. The molecule has 0 amide bonds. The molecule has 0 saturated heterocycles. The molecule has 1 aromatic heterocycles. The smallest absolute Gasteiger partial charge is 0.130 e. The highest BCUT2D eigenvalue weighted by molar-refractivity contribution is 6.10. The Balaban J connectivity index is 1.57. The molecule has 0 N–H and O–H groups in total. The number of allylic oxidation sites excluding steroid dienone is 4. The minimum atomic E-state index is 0.311. The highest BCUT2D eigenvalue weighted by Crippen LogP contribution is 2.47. The average Bonchev–Trinajstić information content (AvgIpc) is 3.23. The average molecular weight is 335 g/mol. The number of nitrogens with zero attached hydrogens (tertiary/aromatic N) is 1. The molecule has 0 bridgehead atoms. The van der Waals surface area contributed by atoms with Crippen molar-refractivity contribution >= 4 is 27.5 Å². The van der Waals surface area contributed by atoms with Crippen LogP contribution in [-0.2, 0) is 0 Å². The maximum absolute atomic E-state index is 6.06. The van der Waals surface area contributed by atoms with Crippen LogP contribution in [-0.4, -0.2) is 4.57 Å². The molecule has 2 nitrogen and oxygen atoms in total. The third-order valence-corrected chi connectivity index (χ3v) is 5.59. The molecule has 1 unspecified atom stereocenters. The van der Waals surface area contributed by atoms with Crippen LogP contribution >= 0.6 is 0 Å². The first-order valence-corrected chi connectivity index (χ1v) is 9.06. The fourth-order valence-corrected chi connectivity index (χ4v) is 4.43. The lowest BCUT2D eigenvalue weighted by atomic mass is 9.90. The van der Waals surface area contributed by atoms with Gasteiger partial charge >= 0.3 is 0 Å². The summed E-state index contributed by atoms with van der Waals surface area (Å²) in [7, 11) is 0. The van der Waals surface area contributed by atoms with Gasteiger partial charge in [-0.15, -0.1) is 0 Å². The predicted molar refractivity (Wildman–Crippen MR) is 106 cm³/mol. The number of fused-ring (bicyclic) bond motifs is 6. The molecule has 1 atom stereocenters. The normalized spacial score (nSPS) is 18.2. The first-order chi connectivity index (χ1) is 12.9. The van der Waals surface area contributed by atoms with Gasteiger partial charge in [-0.25, -0.2) is 0 Å². The molecule has 1 aliphatic carbocycles. The zero-order chi connectivity index (χ0) is 17.1. The van der Waals surface area contributed by atoms with Crippen molar-refractivity contribution in [2.45, 2.75) is 12.3 Å². The van der Waals surface area contributed by atoms with Crippen molar-refractivity contribution in [3.8, 4) is 5.75 Å². The second-order valence-corrected chi connectivity index (χ2v) is 6.99. The lowest BCUT2D eigenvalue weighted by molar-refractivity contribution is 0.425. The van der Waals surface area contributed by atoms with Crippen LogP contribution in [0, 0.1) is 0 Å². The number of hydrogen-bond donors (Lipinski definition) is 0. The van der Waals surface area contributed by atoms with Crippen molar-refractivity contribution in [1.29, 1.82) is 0 Å². The highest BCUT2D eigenvalue weighted by Gasteiger charge is 2.32. The molecule has 2 heteroatoms. The van der Waals surface area contributed by atoms with E-state index in [9.17, 15) is 0 Å². The minimum Gasteiger partial charge on any atom is -0.461 e. The van der Waals surface area contributed by atoms with Crippen LogP contribution in [0.4, 0.5) is 0 Å². The number of benzene rings is 3. The number of para-hydroxylation sites is 3. The van der Waals surface area contributed by atoms with E-state index in [0.717, 1.165) is 17.9 Å². The fourth-order valence-electron chi connectivity index (χ4n) is 4.43. The Bertz CT molecular complexity index is 1190. The van der Waals surface area contributed by atoms with Gasteiger partial charge in [-0.1, -0.05) is 54.6 Å². The summed E-state index contributed by atoms with van der Waals surface area (Å²) >= 11 is 0. The van der Waals surface area contributed by atoms with E-state index in [-0.39, 0.29) is 0 Å². The van der Waals surface area contributed by atoms with Gasteiger partial charge in [-0.3, -0.25) is 0 Å². The van der Waals surface area contributed by atoms with E-state index in [1.165, 1.54) is 33.1 Å². The summed E-state index contributed by atoms with van der Waals surface area (Å²) in [6, 6.07) is 25.7. The summed E-state index contributed by atoms with van der Waals surface area (Å²) in [5, 5.41) is 2.61. The third kappa shape index (κ3) is 1.81. The second kappa shape index (κ2) is 5.12. The van der Waals surface area contributed by atoms with Crippen LogP contribution in [0.3, 0.4) is 0 Å². The molecule has 26 heavy (non-hydrogen) atoms. The Kier molecular flexibility index (Phi) is 2.75. The standard InChI is InChI=1S/C24H17NO/c1-4-10-21-17(7-1)18-8-2-5-11-22(18)25(21)16-13-14-24-20(15-16)19-9-3-6-12-23(19)26-24/h1-14,20H,15H2. The van der Waals surface area contributed by atoms with Crippen LogP contribution in [0.5, 0.6) is 5.75 Å². The summed E-state index contributed by atoms with van der Waals surface area (Å²) < 4.78 is 8.47. The molecular weight excluding hydrogens is 318 g/mol. The van der Waals surface area contributed by atoms with Crippen molar-refractivity contribution in [1.82, 2.24) is 4.57 Å². The van der Waals surface area contributed by atoms with Gasteiger partial charge in [0, 0.05) is 28.5 Å². The predicted octanol–water partition coefficient (Wildman–Crippen LogP) is 6.10. The maximum Gasteiger partial charge on any atom is 0.130 e. The Labute approximate surface area is 151 Å².